The highest BCUT2D eigenvalue weighted by atomic mass is 32.1. The van der Waals surface area contributed by atoms with Gasteiger partial charge in [-0.1, -0.05) is 24.3 Å². The zero-order valence-electron chi connectivity index (χ0n) is 9.56. The fourth-order valence-electron chi connectivity index (χ4n) is 2.39. The molecule has 0 bridgehead atoms. The zero-order valence-corrected chi connectivity index (χ0v) is 10.4. The molecule has 3 heteroatoms. The Morgan fingerprint density at radius 1 is 1.24 bits per heavy atom. The van der Waals surface area contributed by atoms with E-state index in [4.69, 9.17) is 10.5 Å². The van der Waals surface area contributed by atoms with E-state index in [1.807, 2.05) is 18.2 Å². The van der Waals surface area contributed by atoms with E-state index < -0.39 is 0 Å². The molecule has 2 heterocycles. The molecule has 1 aliphatic rings. The smallest absolute Gasteiger partial charge is 0.124 e. The number of hydrogen-bond acceptors (Lipinski definition) is 3. The number of nitrogens with two attached hydrogens (primary N) is 1. The molecular formula is C14H15NOS. The topological polar surface area (TPSA) is 35.2 Å². The van der Waals surface area contributed by atoms with Crippen LogP contribution in [0, 0.1) is 0 Å². The average molecular weight is 245 g/mol. The molecule has 1 atom stereocenters. The number of para-hydroxylation sites is 1. The number of benzene rings is 1. The van der Waals surface area contributed by atoms with Gasteiger partial charge in [0.2, 0.25) is 0 Å². The lowest BCUT2D eigenvalue weighted by Gasteiger charge is -2.35. The van der Waals surface area contributed by atoms with Gasteiger partial charge in [-0.3, -0.25) is 0 Å². The SMILES string of the molecule is NC1(Cc2cccs2)CCOc2ccccc21. The summed E-state index contributed by atoms with van der Waals surface area (Å²) in [6.45, 7) is 0.707. The third kappa shape index (κ3) is 1.96. The van der Waals surface area contributed by atoms with Crippen LogP contribution in [0.4, 0.5) is 0 Å². The molecule has 1 aromatic carbocycles. The minimum absolute atomic E-state index is 0.278. The molecule has 0 amide bonds. The van der Waals surface area contributed by atoms with E-state index in [0.29, 0.717) is 6.61 Å². The predicted octanol–water partition coefficient (Wildman–Crippen LogP) is 2.93. The van der Waals surface area contributed by atoms with Crippen LogP contribution in [0.25, 0.3) is 0 Å². The van der Waals surface area contributed by atoms with Crippen molar-refractivity contribution in [3.05, 3.63) is 52.2 Å². The Morgan fingerprint density at radius 2 is 2.12 bits per heavy atom. The molecule has 1 aromatic heterocycles. The number of thiophene rings is 1. The van der Waals surface area contributed by atoms with Gasteiger partial charge in [0.15, 0.2) is 0 Å². The molecule has 88 valence electrons. The molecular weight excluding hydrogens is 230 g/mol. The van der Waals surface area contributed by atoms with Crippen LogP contribution in [-0.4, -0.2) is 6.61 Å². The summed E-state index contributed by atoms with van der Waals surface area (Å²) in [4.78, 5) is 1.34. The van der Waals surface area contributed by atoms with Crippen LogP contribution in [0.5, 0.6) is 5.75 Å². The maximum absolute atomic E-state index is 6.59. The Hall–Kier alpha value is -1.32. The van der Waals surface area contributed by atoms with Gasteiger partial charge in [0.25, 0.3) is 0 Å². The first-order valence-corrected chi connectivity index (χ1v) is 6.69. The van der Waals surface area contributed by atoms with Crippen molar-refractivity contribution in [1.29, 1.82) is 0 Å². The first-order valence-electron chi connectivity index (χ1n) is 5.81. The van der Waals surface area contributed by atoms with Crippen LogP contribution >= 0.6 is 11.3 Å². The maximum Gasteiger partial charge on any atom is 0.124 e. The van der Waals surface area contributed by atoms with Crippen molar-refractivity contribution in [3.63, 3.8) is 0 Å². The van der Waals surface area contributed by atoms with Crippen molar-refractivity contribution in [2.45, 2.75) is 18.4 Å². The van der Waals surface area contributed by atoms with Gasteiger partial charge in [-0.05, 0) is 17.5 Å². The molecule has 0 radical (unpaired) electrons. The molecule has 1 aliphatic heterocycles. The zero-order chi connectivity index (χ0) is 11.7. The summed E-state index contributed by atoms with van der Waals surface area (Å²) in [7, 11) is 0. The minimum Gasteiger partial charge on any atom is -0.493 e. The van der Waals surface area contributed by atoms with E-state index in [0.717, 1.165) is 24.2 Å². The van der Waals surface area contributed by atoms with Gasteiger partial charge in [0.05, 0.1) is 12.1 Å². The van der Waals surface area contributed by atoms with E-state index in [2.05, 4.69) is 23.6 Å². The van der Waals surface area contributed by atoms with Crippen molar-refractivity contribution in [3.8, 4) is 5.75 Å². The molecule has 17 heavy (non-hydrogen) atoms. The van der Waals surface area contributed by atoms with Gasteiger partial charge >= 0.3 is 0 Å². The highest BCUT2D eigenvalue weighted by molar-refractivity contribution is 7.09. The Balaban J connectivity index is 1.98. The van der Waals surface area contributed by atoms with Crippen molar-refractivity contribution in [2.75, 3.05) is 6.61 Å². The Morgan fingerprint density at radius 3 is 2.94 bits per heavy atom. The van der Waals surface area contributed by atoms with Crippen molar-refractivity contribution in [2.24, 2.45) is 5.73 Å². The highest BCUT2D eigenvalue weighted by Gasteiger charge is 2.34. The number of rotatable bonds is 2. The van der Waals surface area contributed by atoms with Crippen LogP contribution in [0.15, 0.2) is 41.8 Å². The molecule has 0 aliphatic carbocycles. The lowest BCUT2D eigenvalue weighted by Crippen LogP contribution is -2.43. The highest BCUT2D eigenvalue weighted by Crippen LogP contribution is 2.37. The molecule has 2 nitrogen and oxygen atoms in total. The molecule has 1 unspecified atom stereocenters. The molecule has 0 saturated heterocycles. The van der Waals surface area contributed by atoms with E-state index >= 15 is 0 Å². The van der Waals surface area contributed by atoms with Crippen molar-refractivity contribution in [1.82, 2.24) is 0 Å². The Labute approximate surface area is 105 Å². The van der Waals surface area contributed by atoms with E-state index in [1.165, 1.54) is 4.88 Å². The summed E-state index contributed by atoms with van der Waals surface area (Å²) in [5, 5.41) is 2.10. The normalized spacial score (nSPS) is 22.9. The molecule has 2 N–H and O–H groups in total. The van der Waals surface area contributed by atoms with Crippen LogP contribution in [0.3, 0.4) is 0 Å². The Bertz CT molecular complexity index is 509. The monoisotopic (exact) mass is 245 g/mol. The summed E-state index contributed by atoms with van der Waals surface area (Å²) in [6.07, 6.45) is 1.77. The van der Waals surface area contributed by atoms with Gasteiger partial charge in [-0.2, -0.15) is 0 Å². The average Bonchev–Trinajstić information content (AvgIpc) is 2.82. The first-order chi connectivity index (χ1) is 8.28. The van der Waals surface area contributed by atoms with E-state index in [9.17, 15) is 0 Å². The second kappa shape index (κ2) is 4.17. The summed E-state index contributed by atoms with van der Waals surface area (Å²) >= 11 is 1.77. The predicted molar refractivity (Wildman–Crippen MR) is 70.4 cm³/mol. The fraction of sp³-hybridized carbons (Fsp3) is 0.286. The number of fused-ring (bicyclic) bond motifs is 1. The lowest BCUT2D eigenvalue weighted by atomic mass is 9.82. The van der Waals surface area contributed by atoms with Gasteiger partial charge < -0.3 is 10.5 Å². The second-order valence-corrected chi connectivity index (χ2v) is 5.54. The Kier molecular flexibility index (Phi) is 2.65. The molecule has 0 fully saturated rings. The summed E-state index contributed by atoms with van der Waals surface area (Å²) in [5.41, 5.74) is 7.45. The molecule has 3 rings (SSSR count). The van der Waals surface area contributed by atoms with Crippen LogP contribution in [-0.2, 0) is 12.0 Å². The van der Waals surface area contributed by atoms with Gasteiger partial charge in [-0.15, -0.1) is 11.3 Å². The third-order valence-electron chi connectivity index (χ3n) is 3.30. The summed E-state index contributed by atoms with van der Waals surface area (Å²) in [5.74, 6) is 0.942. The largest absolute Gasteiger partial charge is 0.493 e. The number of hydrogen-bond donors (Lipinski definition) is 1. The first kappa shape index (κ1) is 10.8. The minimum atomic E-state index is -0.278. The van der Waals surface area contributed by atoms with Crippen LogP contribution in [0.2, 0.25) is 0 Å². The van der Waals surface area contributed by atoms with E-state index in [1.54, 1.807) is 11.3 Å². The van der Waals surface area contributed by atoms with E-state index in [-0.39, 0.29) is 5.54 Å². The van der Waals surface area contributed by atoms with Crippen molar-refractivity contribution >= 4 is 11.3 Å². The van der Waals surface area contributed by atoms with Gasteiger partial charge in [0, 0.05) is 23.3 Å². The summed E-state index contributed by atoms with van der Waals surface area (Å²) in [6, 6.07) is 12.3. The summed E-state index contributed by atoms with van der Waals surface area (Å²) < 4.78 is 5.66. The van der Waals surface area contributed by atoms with Crippen LogP contribution < -0.4 is 10.5 Å². The number of ether oxygens (including phenoxy) is 1. The van der Waals surface area contributed by atoms with Crippen LogP contribution in [0.1, 0.15) is 16.9 Å². The molecule has 2 aromatic rings. The van der Waals surface area contributed by atoms with Crippen molar-refractivity contribution < 1.29 is 4.74 Å². The van der Waals surface area contributed by atoms with Gasteiger partial charge in [0.1, 0.15) is 5.75 Å². The standard InChI is InChI=1S/C14H15NOS/c15-14(10-11-4-3-9-17-11)7-8-16-13-6-2-1-5-12(13)14/h1-6,9H,7-8,10,15H2. The maximum atomic E-state index is 6.59. The molecule has 0 saturated carbocycles. The third-order valence-corrected chi connectivity index (χ3v) is 4.18. The molecule has 0 spiro atoms. The quantitative estimate of drug-likeness (QED) is 0.883. The fourth-order valence-corrected chi connectivity index (χ4v) is 3.22. The second-order valence-electron chi connectivity index (χ2n) is 4.51. The lowest BCUT2D eigenvalue weighted by molar-refractivity contribution is 0.216. The van der Waals surface area contributed by atoms with Gasteiger partial charge in [-0.25, -0.2) is 0 Å².